The van der Waals surface area contributed by atoms with Crippen molar-refractivity contribution >= 4 is 0 Å². The summed E-state index contributed by atoms with van der Waals surface area (Å²) in [5.41, 5.74) is 0. The molecule has 3 nitrogen and oxygen atoms in total. The van der Waals surface area contributed by atoms with Crippen LogP contribution < -0.4 is 5.32 Å². The summed E-state index contributed by atoms with van der Waals surface area (Å²) in [7, 11) is 0. The van der Waals surface area contributed by atoms with E-state index in [1.165, 1.54) is 51.7 Å². The maximum Gasteiger partial charge on any atom is 0.0678 e. The van der Waals surface area contributed by atoms with Crippen molar-refractivity contribution in [3.8, 4) is 0 Å². The van der Waals surface area contributed by atoms with Crippen molar-refractivity contribution in [3.63, 3.8) is 0 Å². The highest BCUT2D eigenvalue weighted by Crippen LogP contribution is 2.11. The molecule has 0 aliphatic carbocycles. The van der Waals surface area contributed by atoms with E-state index in [9.17, 15) is 0 Å². The SMILES string of the molecule is CCCNCCCCCCN1C[C@@H](C)O[C@@H](C)C1. The molecule has 0 aromatic rings. The monoisotopic (exact) mass is 256 g/mol. The maximum absolute atomic E-state index is 5.75. The quantitative estimate of drug-likeness (QED) is 0.642. The normalized spacial score (nSPS) is 25.5. The molecule has 0 bridgehead atoms. The molecule has 0 aromatic carbocycles. The van der Waals surface area contributed by atoms with Gasteiger partial charge in [0.2, 0.25) is 0 Å². The van der Waals surface area contributed by atoms with Crippen LogP contribution in [-0.2, 0) is 4.74 Å². The first kappa shape index (κ1) is 15.9. The molecule has 0 aromatic heterocycles. The zero-order valence-electron chi connectivity index (χ0n) is 12.6. The van der Waals surface area contributed by atoms with Crippen LogP contribution in [0.1, 0.15) is 52.9 Å². The first-order valence-electron chi connectivity index (χ1n) is 7.81. The van der Waals surface area contributed by atoms with Gasteiger partial charge in [0.15, 0.2) is 0 Å². The van der Waals surface area contributed by atoms with E-state index in [4.69, 9.17) is 4.74 Å². The fraction of sp³-hybridized carbons (Fsp3) is 1.00. The summed E-state index contributed by atoms with van der Waals surface area (Å²) >= 11 is 0. The van der Waals surface area contributed by atoms with Crippen LogP contribution in [0.5, 0.6) is 0 Å². The largest absolute Gasteiger partial charge is 0.373 e. The van der Waals surface area contributed by atoms with Gasteiger partial charge in [0, 0.05) is 13.1 Å². The minimum absolute atomic E-state index is 0.409. The third-order valence-corrected chi connectivity index (χ3v) is 3.50. The van der Waals surface area contributed by atoms with Crippen molar-refractivity contribution in [2.24, 2.45) is 0 Å². The number of ether oxygens (including phenoxy) is 1. The average molecular weight is 256 g/mol. The van der Waals surface area contributed by atoms with E-state index < -0.39 is 0 Å². The molecule has 1 aliphatic heterocycles. The molecule has 1 aliphatic rings. The molecule has 0 saturated carbocycles. The van der Waals surface area contributed by atoms with Crippen LogP contribution in [0.25, 0.3) is 0 Å². The highest BCUT2D eigenvalue weighted by molar-refractivity contribution is 4.72. The molecule has 3 heteroatoms. The molecule has 1 saturated heterocycles. The standard InChI is InChI=1S/C15H32N2O/c1-4-9-16-10-7-5-6-8-11-17-12-14(2)18-15(3)13-17/h14-16H,4-13H2,1-3H3/t14-,15+. The minimum atomic E-state index is 0.409. The first-order valence-corrected chi connectivity index (χ1v) is 7.81. The summed E-state index contributed by atoms with van der Waals surface area (Å²) in [6.45, 7) is 12.4. The van der Waals surface area contributed by atoms with E-state index in [-0.39, 0.29) is 0 Å². The lowest BCUT2D eigenvalue weighted by molar-refractivity contribution is -0.0681. The van der Waals surface area contributed by atoms with Crippen LogP contribution in [0.3, 0.4) is 0 Å². The Kier molecular flexibility index (Phi) is 8.64. The Balaban J connectivity index is 1.91. The first-order chi connectivity index (χ1) is 8.72. The average Bonchev–Trinajstić information content (AvgIpc) is 2.31. The second-order valence-corrected chi connectivity index (χ2v) is 5.68. The Morgan fingerprint density at radius 3 is 2.33 bits per heavy atom. The number of hydrogen-bond acceptors (Lipinski definition) is 3. The summed E-state index contributed by atoms with van der Waals surface area (Å²) in [5.74, 6) is 0. The minimum Gasteiger partial charge on any atom is -0.373 e. The van der Waals surface area contributed by atoms with Crippen molar-refractivity contribution in [1.29, 1.82) is 0 Å². The van der Waals surface area contributed by atoms with E-state index in [0.717, 1.165) is 13.1 Å². The van der Waals surface area contributed by atoms with E-state index in [1.54, 1.807) is 0 Å². The topological polar surface area (TPSA) is 24.5 Å². The molecule has 1 N–H and O–H groups in total. The third-order valence-electron chi connectivity index (χ3n) is 3.50. The molecule has 1 heterocycles. The summed E-state index contributed by atoms with van der Waals surface area (Å²) in [6, 6.07) is 0. The smallest absolute Gasteiger partial charge is 0.0678 e. The molecule has 0 unspecified atom stereocenters. The Bertz CT molecular complexity index is 189. The molecular weight excluding hydrogens is 224 g/mol. The lowest BCUT2D eigenvalue weighted by atomic mass is 10.1. The van der Waals surface area contributed by atoms with Crippen LogP contribution in [0.4, 0.5) is 0 Å². The van der Waals surface area contributed by atoms with Gasteiger partial charge in [-0.1, -0.05) is 19.8 Å². The Morgan fingerprint density at radius 2 is 1.67 bits per heavy atom. The molecule has 0 amide bonds. The van der Waals surface area contributed by atoms with E-state index in [1.807, 2.05) is 0 Å². The van der Waals surface area contributed by atoms with Crippen LogP contribution in [-0.4, -0.2) is 49.8 Å². The Hall–Kier alpha value is -0.120. The van der Waals surface area contributed by atoms with Crippen molar-refractivity contribution in [2.75, 3.05) is 32.7 Å². The summed E-state index contributed by atoms with van der Waals surface area (Å²) in [4.78, 5) is 2.56. The molecule has 108 valence electrons. The Labute approximate surface area is 113 Å². The predicted molar refractivity (Wildman–Crippen MR) is 78.1 cm³/mol. The molecule has 18 heavy (non-hydrogen) atoms. The van der Waals surface area contributed by atoms with Gasteiger partial charge in [-0.05, 0) is 52.7 Å². The molecular formula is C15H32N2O. The second-order valence-electron chi connectivity index (χ2n) is 5.68. The van der Waals surface area contributed by atoms with Crippen molar-refractivity contribution in [3.05, 3.63) is 0 Å². The van der Waals surface area contributed by atoms with Gasteiger partial charge in [0.1, 0.15) is 0 Å². The number of morpholine rings is 1. The summed E-state index contributed by atoms with van der Waals surface area (Å²) < 4.78 is 5.75. The van der Waals surface area contributed by atoms with Crippen LogP contribution in [0.2, 0.25) is 0 Å². The van der Waals surface area contributed by atoms with E-state index >= 15 is 0 Å². The summed E-state index contributed by atoms with van der Waals surface area (Å²) in [5, 5.41) is 3.46. The van der Waals surface area contributed by atoms with Crippen molar-refractivity contribution in [2.45, 2.75) is 65.1 Å². The third kappa shape index (κ3) is 7.34. The van der Waals surface area contributed by atoms with Gasteiger partial charge in [-0.2, -0.15) is 0 Å². The van der Waals surface area contributed by atoms with E-state index in [0.29, 0.717) is 12.2 Å². The van der Waals surface area contributed by atoms with E-state index in [2.05, 4.69) is 31.0 Å². The number of nitrogens with zero attached hydrogens (tertiary/aromatic N) is 1. The highest BCUT2D eigenvalue weighted by Gasteiger charge is 2.21. The molecule has 0 spiro atoms. The fourth-order valence-corrected chi connectivity index (χ4v) is 2.71. The van der Waals surface area contributed by atoms with Gasteiger partial charge in [-0.25, -0.2) is 0 Å². The molecule has 2 atom stereocenters. The lowest BCUT2D eigenvalue weighted by Crippen LogP contribution is -2.45. The van der Waals surface area contributed by atoms with Gasteiger partial charge < -0.3 is 10.1 Å². The number of rotatable bonds is 9. The van der Waals surface area contributed by atoms with Crippen LogP contribution in [0.15, 0.2) is 0 Å². The molecule has 1 fully saturated rings. The van der Waals surface area contributed by atoms with Gasteiger partial charge in [0.25, 0.3) is 0 Å². The van der Waals surface area contributed by atoms with Crippen molar-refractivity contribution < 1.29 is 4.74 Å². The van der Waals surface area contributed by atoms with Crippen LogP contribution >= 0.6 is 0 Å². The van der Waals surface area contributed by atoms with Crippen molar-refractivity contribution in [1.82, 2.24) is 10.2 Å². The zero-order valence-corrected chi connectivity index (χ0v) is 12.6. The zero-order chi connectivity index (χ0) is 13.2. The van der Waals surface area contributed by atoms with Gasteiger partial charge in [-0.3, -0.25) is 4.90 Å². The predicted octanol–water partition coefficient (Wildman–Crippen LogP) is 2.66. The van der Waals surface area contributed by atoms with Crippen LogP contribution in [0, 0.1) is 0 Å². The van der Waals surface area contributed by atoms with Gasteiger partial charge in [0.05, 0.1) is 12.2 Å². The number of unbranched alkanes of at least 4 members (excludes halogenated alkanes) is 3. The maximum atomic E-state index is 5.75. The fourth-order valence-electron chi connectivity index (χ4n) is 2.71. The number of nitrogens with one attached hydrogen (secondary N) is 1. The number of hydrogen-bond donors (Lipinski definition) is 1. The lowest BCUT2D eigenvalue weighted by Gasteiger charge is -2.35. The van der Waals surface area contributed by atoms with Gasteiger partial charge >= 0.3 is 0 Å². The Morgan fingerprint density at radius 1 is 1.00 bits per heavy atom. The van der Waals surface area contributed by atoms with Gasteiger partial charge in [-0.15, -0.1) is 0 Å². The second kappa shape index (κ2) is 9.76. The molecule has 0 radical (unpaired) electrons. The molecule has 1 rings (SSSR count). The highest BCUT2D eigenvalue weighted by atomic mass is 16.5. The summed E-state index contributed by atoms with van der Waals surface area (Å²) in [6.07, 6.45) is 7.47.